The number of thioether (sulfide) groups is 1. The molecule has 0 aliphatic carbocycles. The van der Waals surface area contributed by atoms with Crippen LogP contribution in [0, 0.1) is 0 Å². The van der Waals surface area contributed by atoms with Gasteiger partial charge in [-0.05, 0) is 25.1 Å². The Morgan fingerprint density at radius 2 is 2.08 bits per heavy atom. The van der Waals surface area contributed by atoms with Crippen molar-refractivity contribution in [3.63, 3.8) is 0 Å². The molecule has 0 fully saturated rings. The lowest BCUT2D eigenvalue weighted by Gasteiger charge is -2.06. The molecular formula is C11H23NS. The van der Waals surface area contributed by atoms with E-state index in [1.54, 1.807) is 0 Å². The summed E-state index contributed by atoms with van der Waals surface area (Å²) >= 11 is 2.00. The zero-order valence-corrected chi connectivity index (χ0v) is 9.88. The molecule has 13 heavy (non-hydrogen) atoms. The Labute approximate surface area is 87.4 Å². The lowest BCUT2D eigenvalue weighted by molar-refractivity contribution is 0.716. The van der Waals surface area contributed by atoms with E-state index < -0.39 is 0 Å². The van der Waals surface area contributed by atoms with Crippen LogP contribution in [-0.2, 0) is 0 Å². The lowest BCUT2D eigenvalue weighted by atomic mass is 10.3. The van der Waals surface area contributed by atoms with E-state index >= 15 is 0 Å². The van der Waals surface area contributed by atoms with E-state index in [2.05, 4.69) is 25.7 Å². The average Bonchev–Trinajstić information content (AvgIpc) is 2.13. The minimum absolute atomic E-state index is 0.993. The molecular weight excluding hydrogens is 178 g/mol. The van der Waals surface area contributed by atoms with Gasteiger partial charge in [-0.25, -0.2) is 0 Å². The fourth-order valence-corrected chi connectivity index (χ4v) is 1.98. The zero-order valence-electron chi connectivity index (χ0n) is 9.07. The van der Waals surface area contributed by atoms with Gasteiger partial charge in [0.15, 0.2) is 0 Å². The molecule has 0 rings (SSSR count). The van der Waals surface area contributed by atoms with E-state index in [1.807, 2.05) is 11.8 Å². The third kappa shape index (κ3) is 9.97. The molecule has 0 spiro atoms. The summed E-state index contributed by atoms with van der Waals surface area (Å²) in [6, 6.07) is 0. The van der Waals surface area contributed by atoms with Crippen molar-refractivity contribution in [2.45, 2.75) is 33.1 Å². The monoisotopic (exact) mass is 201 g/mol. The number of rotatable bonds is 9. The van der Waals surface area contributed by atoms with Crippen LogP contribution in [0.25, 0.3) is 0 Å². The lowest BCUT2D eigenvalue weighted by Crippen LogP contribution is -2.18. The Morgan fingerprint density at radius 3 is 2.69 bits per heavy atom. The maximum atomic E-state index is 4.04. The second-order valence-corrected chi connectivity index (χ2v) is 4.44. The van der Waals surface area contributed by atoms with E-state index in [0.29, 0.717) is 0 Å². The van der Waals surface area contributed by atoms with E-state index in [0.717, 1.165) is 18.8 Å². The highest BCUT2D eigenvalue weighted by Gasteiger charge is 1.93. The maximum Gasteiger partial charge on any atom is 0.0170 e. The molecule has 78 valence electrons. The summed E-state index contributed by atoms with van der Waals surface area (Å²) in [5, 5.41) is 3.36. The first-order chi connectivity index (χ1) is 6.31. The number of hydrogen-bond acceptors (Lipinski definition) is 2. The molecule has 0 unspecified atom stereocenters. The van der Waals surface area contributed by atoms with E-state index in [4.69, 9.17) is 0 Å². The van der Waals surface area contributed by atoms with Gasteiger partial charge in [0.2, 0.25) is 0 Å². The standard InChI is InChI=1S/C11H23NS/c1-4-6-8-13-10-11(3)9-12-7-5-2/h12H,3-10H2,1-2H3. The van der Waals surface area contributed by atoms with Crippen molar-refractivity contribution in [3.05, 3.63) is 12.2 Å². The summed E-state index contributed by atoms with van der Waals surface area (Å²) in [4.78, 5) is 0. The zero-order chi connectivity index (χ0) is 9.94. The second kappa shape index (κ2) is 10.1. The molecule has 0 aliphatic rings. The van der Waals surface area contributed by atoms with Crippen LogP contribution in [0.4, 0.5) is 0 Å². The average molecular weight is 201 g/mol. The highest BCUT2D eigenvalue weighted by molar-refractivity contribution is 7.99. The van der Waals surface area contributed by atoms with Gasteiger partial charge in [-0.15, -0.1) is 0 Å². The molecule has 0 bridgehead atoms. The third-order valence-electron chi connectivity index (χ3n) is 1.75. The molecule has 0 aromatic heterocycles. The Kier molecular flexibility index (Phi) is 10.2. The van der Waals surface area contributed by atoms with Gasteiger partial charge in [0.25, 0.3) is 0 Å². The summed E-state index contributed by atoms with van der Waals surface area (Å²) in [5.74, 6) is 2.40. The number of unbranched alkanes of at least 4 members (excludes halogenated alkanes) is 1. The van der Waals surface area contributed by atoms with Crippen molar-refractivity contribution >= 4 is 11.8 Å². The van der Waals surface area contributed by atoms with E-state index in [9.17, 15) is 0 Å². The largest absolute Gasteiger partial charge is 0.313 e. The van der Waals surface area contributed by atoms with Crippen LogP contribution in [0.1, 0.15) is 33.1 Å². The van der Waals surface area contributed by atoms with Crippen molar-refractivity contribution in [1.82, 2.24) is 5.32 Å². The van der Waals surface area contributed by atoms with Crippen LogP contribution < -0.4 is 5.32 Å². The Bertz CT molecular complexity index is 123. The third-order valence-corrected chi connectivity index (χ3v) is 2.94. The van der Waals surface area contributed by atoms with Gasteiger partial charge < -0.3 is 5.32 Å². The second-order valence-electron chi connectivity index (χ2n) is 3.33. The summed E-state index contributed by atoms with van der Waals surface area (Å²) in [7, 11) is 0. The summed E-state index contributed by atoms with van der Waals surface area (Å²) in [6.07, 6.45) is 3.84. The van der Waals surface area contributed by atoms with E-state index in [-0.39, 0.29) is 0 Å². The van der Waals surface area contributed by atoms with Crippen molar-refractivity contribution in [3.8, 4) is 0 Å². The van der Waals surface area contributed by atoms with Gasteiger partial charge in [-0.3, -0.25) is 0 Å². The van der Waals surface area contributed by atoms with Crippen molar-refractivity contribution in [1.29, 1.82) is 0 Å². The molecule has 0 amide bonds. The molecule has 0 heterocycles. The molecule has 0 radical (unpaired) electrons. The van der Waals surface area contributed by atoms with Gasteiger partial charge in [0.05, 0.1) is 0 Å². The predicted octanol–water partition coefficient (Wildman–Crippen LogP) is 3.08. The maximum absolute atomic E-state index is 4.04. The molecule has 0 aromatic carbocycles. The fourth-order valence-electron chi connectivity index (χ4n) is 0.956. The fraction of sp³-hybridized carbons (Fsp3) is 0.818. The molecule has 0 saturated heterocycles. The Balaban J connectivity index is 3.11. The van der Waals surface area contributed by atoms with Crippen LogP contribution in [0.15, 0.2) is 12.2 Å². The molecule has 0 atom stereocenters. The minimum atomic E-state index is 0.993. The first-order valence-electron chi connectivity index (χ1n) is 5.26. The molecule has 0 aliphatic heterocycles. The first kappa shape index (κ1) is 13.1. The highest BCUT2D eigenvalue weighted by Crippen LogP contribution is 2.08. The van der Waals surface area contributed by atoms with Crippen LogP contribution in [-0.4, -0.2) is 24.6 Å². The smallest absolute Gasteiger partial charge is 0.0170 e. The van der Waals surface area contributed by atoms with Gasteiger partial charge in [-0.2, -0.15) is 11.8 Å². The highest BCUT2D eigenvalue weighted by atomic mass is 32.2. The Hall–Kier alpha value is 0.0500. The van der Waals surface area contributed by atoms with Crippen molar-refractivity contribution in [2.24, 2.45) is 0 Å². The van der Waals surface area contributed by atoms with Crippen LogP contribution in [0.3, 0.4) is 0 Å². The quantitative estimate of drug-likeness (QED) is 0.454. The van der Waals surface area contributed by atoms with Crippen molar-refractivity contribution < 1.29 is 0 Å². The summed E-state index contributed by atoms with van der Waals surface area (Å²) < 4.78 is 0. The van der Waals surface area contributed by atoms with Crippen LogP contribution >= 0.6 is 11.8 Å². The topological polar surface area (TPSA) is 12.0 Å². The first-order valence-corrected chi connectivity index (χ1v) is 6.41. The number of nitrogens with one attached hydrogen (secondary N) is 1. The summed E-state index contributed by atoms with van der Waals surface area (Å²) in [6.45, 7) is 10.6. The van der Waals surface area contributed by atoms with Gasteiger partial charge in [-0.1, -0.05) is 32.4 Å². The molecule has 1 nitrogen and oxygen atoms in total. The summed E-state index contributed by atoms with van der Waals surface area (Å²) in [5.41, 5.74) is 1.33. The minimum Gasteiger partial charge on any atom is -0.313 e. The van der Waals surface area contributed by atoms with E-state index in [1.165, 1.54) is 30.6 Å². The Morgan fingerprint density at radius 1 is 1.31 bits per heavy atom. The molecule has 0 aromatic rings. The molecule has 2 heteroatoms. The van der Waals surface area contributed by atoms with Crippen LogP contribution in [0.5, 0.6) is 0 Å². The normalized spacial score (nSPS) is 10.3. The van der Waals surface area contributed by atoms with Gasteiger partial charge >= 0.3 is 0 Å². The van der Waals surface area contributed by atoms with Crippen LogP contribution in [0.2, 0.25) is 0 Å². The molecule has 1 N–H and O–H groups in total. The van der Waals surface area contributed by atoms with Gasteiger partial charge in [0, 0.05) is 12.3 Å². The molecule has 0 saturated carbocycles. The van der Waals surface area contributed by atoms with Gasteiger partial charge in [0.1, 0.15) is 0 Å². The number of hydrogen-bond donors (Lipinski definition) is 1. The predicted molar refractivity (Wildman–Crippen MR) is 64.5 cm³/mol. The van der Waals surface area contributed by atoms with Crippen molar-refractivity contribution in [2.75, 3.05) is 24.6 Å². The SMILES string of the molecule is C=C(CNCCC)CSCCCC.